The molecule has 1 saturated carbocycles. The lowest BCUT2D eigenvalue weighted by Crippen LogP contribution is -2.33. The van der Waals surface area contributed by atoms with Crippen LogP contribution in [0.1, 0.15) is 36.7 Å². The van der Waals surface area contributed by atoms with Crippen molar-refractivity contribution in [2.24, 2.45) is 5.73 Å². The van der Waals surface area contributed by atoms with Gasteiger partial charge in [0.1, 0.15) is 17.5 Å². The molecule has 2 unspecified atom stereocenters. The quantitative estimate of drug-likeness (QED) is 0.837. The Bertz CT molecular complexity index is 422. The van der Waals surface area contributed by atoms with Crippen molar-refractivity contribution < 1.29 is 9.53 Å². The van der Waals surface area contributed by atoms with Crippen LogP contribution in [0, 0.1) is 0 Å². The molecule has 3 N–H and O–H groups in total. The van der Waals surface area contributed by atoms with Crippen LogP contribution in [0.15, 0.2) is 18.3 Å². The molecule has 5 nitrogen and oxygen atoms in total. The molecular formula is C13H19N3O2. The van der Waals surface area contributed by atoms with Gasteiger partial charge in [0.15, 0.2) is 0 Å². The summed E-state index contributed by atoms with van der Waals surface area (Å²) in [6, 6.07) is 3.51. The van der Waals surface area contributed by atoms with E-state index in [1.807, 2.05) is 6.92 Å². The molecular weight excluding hydrogens is 230 g/mol. The van der Waals surface area contributed by atoms with Crippen LogP contribution in [0.25, 0.3) is 0 Å². The van der Waals surface area contributed by atoms with Crippen molar-refractivity contribution in [2.75, 3.05) is 6.54 Å². The van der Waals surface area contributed by atoms with Crippen LogP contribution < -0.4 is 15.8 Å². The summed E-state index contributed by atoms with van der Waals surface area (Å²) in [4.78, 5) is 15.7. The van der Waals surface area contributed by atoms with Gasteiger partial charge in [-0.1, -0.05) is 0 Å². The standard InChI is InChI=1S/C13H19N3O2/c1-2-15-13(17)11-8-9(6-7-16-11)18-12-5-3-4-10(12)14/h6-8,10,12H,2-5,14H2,1H3,(H,15,17). The first kappa shape index (κ1) is 12.8. The zero-order valence-corrected chi connectivity index (χ0v) is 10.6. The minimum absolute atomic E-state index is 0.0505. The number of aromatic nitrogens is 1. The minimum Gasteiger partial charge on any atom is -0.489 e. The van der Waals surface area contributed by atoms with Crippen LogP contribution in [-0.2, 0) is 0 Å². The minimum atomic E-state index is -0.182. The molecule has 1 fully saturated rings. The summed E-state index contributed by atoms with van der Waals surface area (Å²) in [7, 11) is 0. The molecule has 2 rings (SSSR count). The third-order valence-electron chi connectivity index (χ3n) is 3.09. The van der Waals surface area contributed by atoms with Crippen LogP contribution in [0.3, 0.4) is 0 Å². The van der Waals surface area contributed by atoms with Crippen LogP contribution in [0.5, 0.6) is 5.75 Å². The molecule has 0 saturated heterocycles. The van der Waals surface area contributed by atoms with Crippen LogP contribution >= 0.6 is 0 Å². The predicted molar refractivity (Wildman–Crippen MR) is 68.5 cm³/mol. The van der Waals surface area contributed by atoms with E-state index in [-0.39, 0.29) is 18.1 Å². The van der Waals surface area contributed by atoms with Crippen LogP contribution in [0.4, 0.5) is 0 Å². The van der Waals surface area contributed by atoms with Gasteiger partial charge in [-0.05, 0) is 32.3 Å². The van der Waals surface area contributed by atoms with Gasteiger partial charge in [0.05, 0.1) is 0 Å². The van der Waals surface area contributed by atoms with Crippen molar-refractivity contribution in [3.8, 4) is 5.75 Å². The van der Waals surface area contributed by atoms with Crippen molar-refractivity contribution in [2.45, 2.75) is 38.3 Å². The number of nitrogens with zero attached hydrogens (tertiary/aromatic N) is 1. The van der Waals surface area contributed by atoms with Crippen LogP contribution in [-0.4, -0.2) is 29.6 Å². The zero-order chi connectivity index (χ0) is 13.0. The lowest BCUT2D eigenvalue weighted by molar-refractivity contribution is 0.0949. The predicted octanol–water partition coefficient (Wildman–Crippen LogP) is 1.09. The van der Waals surface area contributed by atoms with E-state index >= 15 is 0 Å². The summed E-state index contributed by atoms with van der Waals surface area (Å²) >= 11 is 0. The van der Waals surface area contributed by atoms with Crippen molar-refractivity contribution in [3.05, 3.63) is 24.0 Å². The summed E-state index contributed by atoms with van der Waals surface area (Å²) in [6.45, 7) is 2.45. The smallest absolute Gasteiger partial charge is 0.270 e. The summed E-state index contributed by atoms with van der Waals surface area (Å²) in [5.41, 5.74) is 6.33. The Balaban J connectivity index is 2.05. The highest BCUT2D eigenvalue weighted by Crippen LogP contribution is 2.23. The van der Waals surface area contributed by atoms with Gasteiger partial charge in [-0.25, -0.2) is 0 Å². The number of ether oxygens (including phenoxy) is 1. The maximum absolute atomic E-state index is 11.6. The fourth-order valence-electron chi connectivity index (χ4n) is 2.14. The van der Waals surface area contributed by atoms with Crippen LogP contribution in [0.2, 0.25) is 0 Å². The van der Waals surface area contributed by atoms with E-state index in [0.29, 0.717) is 18.0 Å². The average molecular weight is 249 g/mol. The highest BCUT2D eigenvalue weighted by atomic mass is 16.5. The Morgan fingerprint density at radius 1 is 1.61 bits per heavy atom. The van der Waals surface area contributed by atoms with Gasteiger partial charge in [-0.2, -0.15) is 0 Å². The number of pyridine rings is 1. The highest BCUT2D eigenvalue weighted by Gasteiger charge is 2.25. The van der Waals surface area contributed by atoms with E-state index in [0.717, 1.165) is 19.3 Å². The van der Waals surface area contributed by atoms with Gasteiger partial charge in [0.2, 0.25) is 0 Å². The average Bonchev–Trinajstić information content (AvgIpc) is 2.76. The largest absolute Gasteiger partial charge is 0.489 e. The van der Waals surface area contributed by atoms with Crippen molar-refractivity contribution >= 4 is 5.91 Å². The highest BCUT2D eigenvalue weighted by molar-refractivity contribution is 5.92. The van der Waals surface area contributed by atoms with E-state index in [9.17, 15) is 4.79 Å². The molecule has 0 aliphatic heterocycles. The number of hydrogen-bond donors (Lipinski definition) is 2. The fourth-order valence-corrected chi connectivity index (χ4v) is 2.14. The number of rotatable bonds is 4. The number of amides is 1. The monoisotopic (exact) mass is 249 g/mol. The number of hydrogen-bond acceptors (Lipinski definition) is 4. The third-order valence-corrected chi connectivity index (χ3v) is 3.09. The Labute approximate surface area is 107 Å². The number of nitrogens with two attached hydrogens (primary N) is 1. The van der Waals surface area contributed by atoms with E-state index in [1.165, 1.54) is 0 Å². The lowest BCUT2D eigenvalue weighted by Gasteiger charge is -2.17. The molecule has 0 spiro atoms. The summed E-state index contributed by atoms with van der Waals surface area (Å²) in [5.74, 6) is 0.479. The molecule has 18 heavy (non-hydrogen) atoms. The van der Waals surface area contributed by atoms with Crippen molar-refractivity contribution in [3.63, 3.8) is 0 Å². The molecule has 1 aromatic heterocycles. The van der Waals surface area contributed by atoms with Gasteiger partial charge in [0.25, 0.3) is 5.91 Å². The molecule has 5 heteroatoms. The molecule has 98 valence electrons. The topological polar surface area (TPSA) is 77.2 Å². The van der Waals surface area contributed by atoms with E-state index in [4.69, 9.17) is 10.5 Å². The fraction of sp³-hybridized carbons (Fsp3) is 0.538. The number of carbonyl (C=O) groups is 1. The van der Waals surface area contributed by atoms with Crippen molar-refractivity contribution in [1.82, 2.24) is 10.3 Å². The maximum Gasteiger partial charge on any atom is 0.270 e. The second-order valence-corrected chi connectivity index (χ2v) is 4.49. The molecule has 2 atom stereocenters. The maximum atomic E-state index is 11.6. The van der Waals surface area contributed by atoms with Gasteiger partial charge in [0, 0.05) is 24.8 Å². The number of nitrogens with one attached hydrogen (secondary N) is 1. The van der Waals surface area contributed by atoms with Gasteiger partial charge in [-0.15, -0.1) is 0 Å². The molecule has 0 bridgehead atoms. The Hall–Kier alpha value is -1.62. The second-order valence-electron chi connectivity index (χ2n) is 4.49. The first-order chi connectivity index (χ1) is 8.70. The second kappa shape index (κ2) is 5.82. The first-order valence-electron chi connectivity index (χ1n) is 6.37. The summed E-state index contributed by atoms with van der Waals surface area (Å²) < 4.78 is 5.81. The normalized spacial score (nSPS) is 22.8. The molecule has 1 aromatic rings. The first-order valence-corrected chi connectivity index (χ1v) is 6.37. The SMILES string of the molecule is CCNC(=O)c1cc(OC2CCCC2N)ccn1. The Morgan fingerprint density at radius 3 is 3.11 bits per heavy atom. The Kier molecular flexibility index (Phi) is 4.15. The lowest BCUT2D eigenvalue weighted by atomic mass is 10.2. The molecule has 1 aliphatic carbocycles. The zero-order valence-electron chi connectivity index (χ0n) is 10.6. The van der Waals surface area contributed by atoms with Crippen molar-refractivity contribution in [1.29, 1.82) is 0 Å². The summed E-state index contributed by atoms with van der Waals surface area (Å²) in [6.07, 6.45) is 4.70. The third kappa shape index (κ3) is 2.98. The molecule has 0 radical (unpaired) electrons. The molecule has 1 aliphatic rings. The molecule has 0 aromatic carbocycles. The summed E-state index contributed by atoms with van der Waals surface area (Å²) in [5, 5.41) is 2.71. The number of carbonyl (C=O) groups excluding carboxylic acids is 1. The van der Waals surface area contributed by atoms with Gasteiger partial charge >= 0.3 is 0 Å². The Morgan fingerprint density at radius 2 is 2.44 bits per heavy atom. The van der Waals surface area contributed by atoms with E-state index in [1.54, 1.807) is 18.3 Å². The van der Waals surface area contributed by atoms with E-state index < -0.39 is 0 Å². The molecule has 1 heterocycles. The molecule has 1 amide bonds. The van der Waals surface area contributed by atoms with Gasteiger partial charge in [-0.3, -0.25) is 9.78 Å². The van der Waals surface area contributed by atoms with E-state index in [2.05, 4.69) is 10.3 Å². The van der Waals surface area contributed by atoms with Gasteiger partial charge < -0.3 is 15.8 Å².